The summed E-state index contributed by atoms with van der Waals surface area (Å²) in [6, 6.07) is 6.73. The van der Waals surface area contributed by atoms with Gasteiger partial charge in [0.25, 0.3) is 0 Å². The van der Waals surface area contributed by atoms with Crippen molar-refractivity contribution in [1.82, 2.24) is 15.0 Å². The number of alkyl halides is 3. The lowest BCUT2D eigenvalue weighted by atomic mass is 10.1. The smallest absolute Gasteiger partial charge is 0.334 e. The van der Waals surface area contributed by atoms with Crippen LogP contribution in [-0.2, 0) is 17.5 Å². The van der Waals surface area contributed by atoms with Crippen LogP contribution >= 0.6 is 0 Å². The highest BCUT2D eigenvalue weighted by molar-refractivity contribution is 5.79. The van der Waals surface area contributed by atoms with Gasteiger partial charge in [-0.25, -0.2) is 0 Å². The zero-order valence-electron chi connectivity index (χ0n) is 14.7. The predicted molar refractivity (Wildman–Crippen MR) is 92.3 cm³/mol. The minimum atomic E-state index is -4.67. The second kappa shape index (κ2) is 7.94. The molecule has 0 spiro atoms. The number of hydrogen-bond donors (Lipinski definition) is 0. The van der Waals surface area contributed by atoms with Gasteiger partial charge < -0.3 is 9.42 Å². The van der Waals surface area contributed by atoms with Gasteiger partial charge in [0.05, 0.1) is 0 Å². The normalized spacial score (nSPS) is 15.1. The molecule has 1 amide bonds. The maximum absolute atomic E-state index is 12.7. The SMILES string of the molecule is C=CCN(Cc1ccc(-c2noc(C(F)(F)F)n2)cc1)C(=O)C1CCCC1. The highest BCUT2D eigenvalue weighted by Gasteiger charge is 2.38. The number of carbonyl (C=O) groups excluding carboxylic acids is 1. The number of benzene rings is 1. The highest BCUT2D eigenvalue weighted by Crippen LogP contribution is 2.30. The van der Waals surface area contributed by atoms with Crippen molar-refractivity contribution in [3.05, 3.63) is 48.4 Å². The molecular weight excluding hydrogens is 359 g/mol. The van der Waals surface area contributed by atoms with Gasteiger partial charge in [0.15, 0.2) is 0 Å². The zero-order chi connectivity index (χ0) is 19.4. The largest absolute Gasteiger partial charge is 0.471 e. The van der Waals surface area contributed by atoms with Crippen LogP contribution in [0.15, 0.2) is 41.4 Å². The van der Waals surface area contributed by atoms with Gasteiger partial charge in [-0.2, -0.15) is 18.2 Å². The Morgan fingerprint density at radius 1 is 1.26 bits per heavy atom. The van der Waals surface area contributed by atoms with Crippen molar-refractivity contribution in [1.29, 1.82) is 0 Å². The average Bonchev–Trinajstić information content (AvgIpc) is 3.33. The Morgan fingerprint density at radius 3 is 2.48 bits per heavy atom. The Morgan fingerprint density at radius 2 is 1.93 bits per heavy atom. The summed E-state index contributed by atoms with van der Waals surface area (Å²) < 4.78 is 41.9. The van der Waals surface area contributed by atoms with E-state index in [1.54, 1.807) is 35.2 Å². The minimum absolute atomic E-state index is 0.0735. The van der Waals surface area contributed by atoms with Gasteiger partial charge in [0, 0.05) is 24.6 Å². The minimum Gasteiger partial charge on any atom is -0.334 e. The van der Waals surface area contributed by atoms with E-state index in [1.807, 2.05) is 0 Å². The summed E-state index contributed by atoms with van der Waals surface area (Å²) in [6.07, 6.45) is 1.03. The van der Waals surface area contributed by atoms with Crippen LogP contribution in [0.2, 0.25) is 0 Å². The fourth-order valence-electron chi connectivity index (χ4n) is 3.25. The molecule has 1 aromatic carbocycles. The molecule has 0 N–H and O–H groups in total. The number of halogens is 3. The Hall–Kier alpha value is -2.64. The summed E-state index contributed by atoms with van der Waals surface area (Å²) in [7, 11) is 0. The predicted octanol–water partition coefficient (Wildman–Crippen LogP) is 4.46. The van der Waals surface area contributed by atoms with Crippen molar-refractivity contribution >= 4 is 5.91 Å². The van der Waals surface area contributed by atoms with Crippen LogP contribution in [0.25, 0.3) is 11.4 Å². The van der Waals surface area contributed by atoms with Crippen molar-refractivity contribution in [2.75, 3.05) is 6.54 Å². The topological polar surface area (TPSA) is 59.2 Å². The van der Waals surface area contributed by atoms with Crippen LogP contribution < -0.4 is 0 Å². The lowest BCUT2D eigenvalue weighted by molar-refractivity contribution is -0.159. The quantitative estimate of drug-likeness (QED) is 0.696. The van der Waals surface area contributed by atoms with Crippen LogP contribution in [0, 0.1) is 5.92 Å². The van der Waals surface area contributed by atoms with E-state index in [1.165, 1.54) is 0 Å². The van der Waals surface area contributed by atoms with E-state index in [-0.39, 0.29) is 17.6 Å². The van der Waals surface area contributed by atoms with Crippen LogP contribution in [0.1, 0.15) is 37.1 Å². The Bertz CT molecular complexity index is 793. The number of amides is 1. The second-order valence-corrected chi connectivity index (χ2v) is 6.61. The summed E-state index contributed by atoms with van der Waals surface area (Å²) in [5, 5.41) is 3.37. The number of nitrogens with zero attached hydrogens (tertiary/aromatic N) is 3. The maximum atomic E-state index is 12.7. The van der Waals surface area contributed by atoms with E-state index in [0.29, 0.717) is 18.7 Å². The molecule has 0 unspecified atom stereocenters. The van der Waals surface area contributed by atoms with Crippen molar-refractivity contribution in [2.24, 2.45) is 5.92 Å². The molecule has 0 bridgehead atoms. The molecule has 2 aromatic rings. The standard InChI is InChI=1S/C19H20F3N3O2/c1-2-11-25(17(26)15-5-3-4-6-15)12-13-7-9-14(10-8-13)16-23-18(27-24-16)19(20,21)22/h2,7-10,15H,1,3-6,11-12H2. The van der Waals surface area contributed by atoms with Gasteiger partial charge in [0.1, 0.15) is 0 Å². The molecule has 3 rings (SSSR count). The molecule has 27 heavy (non-hydrogen) atoms. The summed E-state index contributed by atoms with van der Waals surface area (Å²) in [4.78, 5) is 17.8. The molecule has 0 saturated heterocycles. The van der Waals surface area contributed by atoms with Crippen molar-refractivity contribution in [3.63, 3.8) is 0 Å². The summed E-state index contributed by atoms with van der Waals surface area (Å²) >= 11 is 0. The molecule has 5 nitrogen and oxygen atoms in total. The third-order valence-electron chi connectivity index (χ3n) is 4.62. The van der Waals surface area contributed by atoms with Crippen LogP contribution in [0.5, 0.6) is 0 Å². The second-order valence-electron chi connectivity index (χ2n) is 6.61. The maximum Gasteiger partial charge on any atom is 0.471 e. The molecule has 1 aromatic heterocycles. The molecule has 0 atom stereocenters. The van der Waals surface area contributed by atoms with Gasteiger partial charge in [-0.15, -0.1) is 6.58 Å². The van der Waals surface area contributed by atoms with E-state index < -0.39 is 12.1 Å². The Balaban J connectivity index is 1.71. The van der Waals surface area contributed by atoms with Gasteiger partial charge in [0.2, 0.25) is 11.7 Å². The Kier molecular flexibility index (Phi) is 5.62. The first-order valence-electron chi connectivity index (χ1n) is 8.78. The fourth-order valence-corrected chi connectivity index (χ4v) is 3.25. The first-order valence-corrected chi connectivity index (χ1v) is 8.78. The number of rotatable bonds is 6. The molecule has 1 aliphatic carbocycles. The lowest BCUT2D eigenvalue weighted by Crippen LogP contribution is -2.35. The van der Waals surface area contributed by atoms with Crippen molar-refractivity contribution in [3.8, 4) is 11.4 Å². The Labute approximate surface area is 154 Å². The van der Waals surface area contributed by atoms with Gasteiger partial charge in [-0.3, -0.25) is 4.79 Å². The van der Waals surface area contributed by atoms with E-state index >= 15 is 0 Å². The zero-order valence-corrected chi connectivity index (χ0v) is 14.7. The highest BCUT2D eigenvalue weighted by atomic mass is 19.4. The summed E-state index contributed by atoms with van der Waals surface area (Å²) in [6.45, 7) is 4.59. The van der Waals surface area contributed by atoms with E-state index in [0.717, 1.165) is 31.2 Å². The van der Waals surface area contributed by atoms with E-state index in [4.69, 9.17) is 0 Å². The molecule has 1 aliphatic rings. The number of hydrogen-bond acceptors (Lipinski definition) is 4. The third-order valence-corrected chi connectivity index (χ3v) is 4.62. The van der Waals surface area contributed by atoms with Crippen LogP contribution in [0.3, 0.4) is 0 Å². The van der Waals surface area contributed by atoms with E-state index in [9.17, 15) is 18.0 Å². The first kappa shape index (κ1) is 19.1. The van der Waals surface area contributed by atoms with Crippen molar-refractivity contribution in [2.45, 2.75) is 38.4 Å². The van der Waals surface area contributed by atoms with E-state index in [2.05, 4.69) is 21.2 Å². The van der Waals surface area contributed by atoms with Crippen molar-refractivity contribution < 1.29 is 22.5 Å². The molecule has 144 valence electrons. The number of carbonyl (C=O) groups is 1. The van der Waals surface area contributed by atoms with Gasteiger partial charge >= 0.3 is 12.1 Å². The fraction of sp³-hybridized carbons (Fsp3) is 0.421. The van der Waals surface area contributed by atoms with Gasteiger partial charge in [-0.05, 0) is 18.4 Å². The molecule has 1 heterocycles. The first-order chi connectivity index (χ1) is 12.9. The molecule has 1 fully saturated rings. The lowest BCUT2D eigenvalue weighted by Gasteiger charge is -2.24. The van der Waals surface area contributed by atoms with Crippen LogP contribution in [-0.4, -0.2) is 27.5 Å². The summed E-state index contributed by atoms with van der Waals surface area (Å²) in [5.74, 6) is -1.30. The number of aromatic nitrogens is 2. The average molecular weight is 379 g/mol. The molecular formula is C19H20F3N3O2. The summed E-state index contributed by atoms with van der Waals surface area (Å²) in [5.41, 5.74) is 1.28. The molecule has 0 radical (unpaired) electrons. The molecule has 8 heteroatoms. The molecule has 1 saturated carbocycles. The van der Waals surface area contributed by atoms with Crippen LogP contribution in [0.4, 0.5) is 13.2 Å². The van der Waals surface area contributed by atoms with Gasteiger partial charge in [-0.1, -0.05) is 48.3 Å². The third kappa shape index (κ3) is 4.56. The molecule has 0 aliphatic heterocycles. The monoisotopic (exact) mass is 379 g/mol.